The molecular weight excluding hydrogens is 250 g/mol. The van der Waals surface area contributed by atoms with Gasteiger partial charge in [-0.15, -0.1) is 12.6 Å². The van der Waals surface area contributed by atoms with Crippen molar-refractivity contribution in [2.24, 2.45) is 0 Å². The zero-order valence-corrected chi connectivity index (χ0v) is 11.1. The van der Waals surface area contributed by atoms with Crippen LogP contribution >= 0.6 is 12.6 Å². The molecule has 0 fully saturated rings. The third kappa shape index (κ3) is 2.09. The van der Waals surface area contributed by atoms with Crippen molar-refractivity contribution in [3.05, 3.63) is 66.2 Å². The van der Waals surface area contributed by atoms with E-state index in [-0.39, 0.29) is 0 Å². The van der Waals surface area contributed by atoms with Crippen LogP contribution in [0.2, 0.25) is 0 Å². The molecule has 0 aliphatic rings. The van der Waals surface area contributed by atoms with E-state index in [4.69, 9.17) is 5.26 Å². The highest BCUT2D eigenvalue weighted by atomic mass is 32.1. The van der Waals surface area contributed by atoms with Crippen molar-refractivity contribution in [3.63, 3.8) is 0 Å². The van der Waals surface area contributed by atoms with Gasteiger partial charge in [0.15, 0.2) is 0 Å². The Balaban J connectivity index is 2.35. The van der Waals surface area contributed by atoms with E-state index in [1.807, 2.05) is 42.5 Å². The van der Waals surface area contributed by atoms with Crippen molar-refractivity contribution in [3.8, 4) is 17.2 Å². The Hall–Kier alpha value is -2.24. The Bertz CT molecular complexity index is 800. The molecule has 3 aromatic carbocycles. The summed E-state index contributed by atoms with van der Waals surface area (Å²) in [6, 6.07) is 22.1. The number of nitrogens with zero attached hydrogens (tertiary/aromatic N) is 1. The molecule has 0 bridgehead atoms. The second-order valence-electron chi connectivity index (χ2n) is 4.37. The normalized spacial score (nSPS) is 10.3. The third-order valence-corrected chi connectivity index (χ3v) is 3.56. The predicted octanol–water partition coefficient (Wildman–Crippen LogP) is 4.67. The molecule has 0 saturated heterocycles. The zero-order valence-electron chi connectivity index (χ0n) is 10.2. The van der Waals surface area contributed by atoms with E-state index < -0.39 is 0 Å². The Morgan fingerprint density at radius 3 is 2.58 bits per heavy atom. The number of fused-ring (bicyclic) bond motifs is 1. The van der Waals surface area contributed by atoms with Crippen molar-refractivity contribution in [1.82, 2.24) is 0 Å². The first kappa shape index (κ1) is 11.8. The molecule has 3 rings (SSSR count). The smallest absolute Gasteiger partial charge is 0.0991 e. The molecule has 0 aromatic heterocycles. The van der Waals surface area contributed by atoms with Gasteiger partial charge in [-0.3, -0.25) is 0 Å². The number of hydrogen-bond acceptors (Lipinski definition) is 2. The molecule has 0 saturated carbocycles. The maximum atomic E-state index is 9.02. The summed E-state index contributed by atoms with van der Waals surface area (Å²) < 4.78 is 0. The maximum Gasteiger partial charge on any atom is 0.0991 e. The SMILES string of the molecule is N#Cc1cccc(-c2c(S)ccc3ccccc23)c1. The molecule has 0 N–H and O–H groups in total. The van der Waals surface area contributed by atoms with Gasteiger partial charge in [-0.1, -0.05) is 42.5 Å². The monoisotopic (exact) mass is 261 g/mol. The first-order valence-electron chi connectivity index (χ1n) is 6.01. The first-order chi connectivity index (χ1) is 9.29. The fraction of sp³-hybridized carbons (Fsp3) is 0. The highest BCUT2D eigenvalue weighted by molar-refractivity contribution is 7.80. The Morgan fingerprint density at radius 1 is 0.895 bits per heavy atom. The van der Waals surface area contributed by atoms with Gasteiger partial charge in [0, 0.05) is 10.5 Å². The minimum absolute atomic E-state index is 0.665. The lowest BCUT2D eigenvalue weighted by atomic mass is 9.97. The van der Waals surface area contributed by atoms with Gasteiger partial charge >= 0.3 is 0 Å². The van der Waals surface area contributed by atoms with Crippen LogP contribution in [-0.4, -0.2) is 0 Å². The van der Waals surface area contributed by atoms with Gasteiger partial charge in [0.2, 0.25) is 0 Å². The molecule has 0 aliphatic carbocycles. The van der Waals surface area contributed by atoms with E-state index in [9.17, 15) is 0 Å². The van der Waals surface area contributed by atoms with Gasteiger partial charge in [-0.2, -0.15) is 5.26 Å². The number of rotatable bonds is 1. The fourth-order valence-corrected chi connectivity index (χ4v) is 2.63. The van der Waals surface area contributed by atoms with Crippen molar-refractivity contribution >= 4 is 23.4 Å². The standard InChI is InChI=1S/C17H11NS/c18-11-12-4-3-6-14(10-12)17-15-7-2-1-5-13(15)8-9-16(17)19/h1-10,19H. The lowest BCUT2D eigenvalue weighted by Crippen LogP contribution is -1.85. The quantitative estimate of drug-likeness (QED) is 0.632. The predicted molar refractivity (Wildman–Crippen MR) is 81.4 cm³/mol. The van der Waals surface area contributed by atoms with Gasteiger partial charge < -0.3 is 0 Å². The first-order valence-corrected chi connectivity index (χ1v) is 6.45. The molecule has 0 radical (unpaired) electrons. The number of hydrogen-bond donors (Lipinski definition) is 1. The van der Waals surface area contributed by atoms with Crippen molar-refractivity contribution in [2.45, 2.75) is 4.90 Å². The summed E-state index contributed by atoms with van der Waals surface area (Å²) in [7, 11) is 0. The van der Waals surface area contributed by atoms with Crippen LogP contribution in [0.5, 0.6) is 0 Å². The average molecular weight is 261 g/mol. The lowest BCUT2D eigenvalue weighted by molar-refractivity contribution is 1.46. The molecule has 1 nitrogen and oxygen atoms in total. The molecular formula is C17H11NS. The van der Waals surface area contributed by atoms with Gasteiger partial charge in [0.25, 0.3) is 0 Å². The highest BCUT2D eigenvalue weighted by Gasteiger charge is 2.08. The Kier molecular flexibility index (Phi) is 2.98. The summed E-state index contributed by atoms with van der Waals surface area (Å²) in [5, 5.41) is 11.4. The molecule has 0 spiro atoms. The molecule has 0 amide bonds. The summed E-state index contributed by atoms with van der Waals surface area (Å²) in [5.74, 6) is 0. The van der Waals surface area contributed by atoms with E-state index in [0.717, 1.165) is 21.4 Å². The number of benzene rings is 3. The van der Waals surface area contributed by atoms with Crippen molar-refractivity contribution in [2.75, 3.05) is 0 Å². The van der Waals surface area contributed by atoms with Gasteiger partial charge in [-0.25, -0.2) is 0 Å². The lowest BCUT2D eigenvalue weighted by Gasteiger charge is -2.10. The highest BCUT2D eigenvalue weighted by Crippen LogP contribution is 2.34. The van der Waals surface area contributed by atoms with Crippen LogP contribution in [0.3, 0.4) is 0 Å². The van der Waals surface area contributed by atoms with Crippen LogP contribution in [0, 0.1) is 11.3 Å². The minimum atomic E-state index is 0.665. The largest absolute Gasteiger partial charge is 0.192 e. The minimum Gasteiger partial charge on any atom is -0.192 e. The fourth-order valence-electron chi connectivity index (χ4n) is 2.31. The summed E-state index contributed by atoms with van der Waals surface area (Å²) in [6.45, 7) is 0. The van der Waals surface area contributed by atoms with Gasteiger partial charge in [0.1, 0.15) is 0 Å². The molecule has 0 unspecified atom stereocenters. The molecule has 3 aromatic rings. The molecule has 0 heterocycles. The van der Waals surface area contributed by atoms with Crippen LogP contribution in [-0.2, 0) is 0 Å². The van der Waals surface area contributed by atoms with Crippen molar-refractivity contribution < 1.29 is 0 Å². The van der Waals surface area contributed by atoms with Gasteiger partial charge in [-0.05, 0) is 34.5 Å². The van der Waals surface area contributed by atoms with E-state index in [0.29, 0.717) is 5.56 Å². The van der Waals surface area contributed by atoms with Crippen LogP contribution in [0.15, 0.2) is 65.6 Å². The van der Waals surface area contributed by atoms with E-state index in [2.05, 4.69) is 36.9 Å². The number of nitriles is 1. The summed E-state index contributed by atoms with van der Waals surface area (Å²) >= 11 is 4.57. The third-order valence-electron chi connectivity index (χ3n) is 3.19. The number of thiol groups is 1. The van der Waals surface area contributed by atoms with Gasteiger partial charge in [0.05, 0.1) is 11.6 Å². The maximum absolute atomic E-state index is 9.02. The summed E-state index contributed by atoms with van der Waals surface area (Å²) in [5.41, 5.74) is 2.78. The topological polar surface area (TPSA) is 23.8 Å². The molecule has 2 heteroatoms. The second kappa shape index (κ2) is 4.79. The summed E-state index contributed by atoms with van der Waals surface area (Å²) in [6.07, 6.45) is 0. The molecule has 0 aliphatic heterocycles. The Labute approximate surface area is 117 Å². The summed E-state index contributed by atoms with van der Waals surface area (Å²) in [4.78, 5) is 0.925. The zero-order chi connectivity index (χ0) is 13.2. The van der Waals surface area contributed by atoms with Crippen LogP contribution in [0.4, 0.5) is 0 Å². The average Bonchev–Trinajstić information content (AvgIpc) is 2.47. The van der Waals surface area contributed by atoms with Crippen LogP contribution in [0.1, 0.15) is 5.56 Å². The van der Waals surface area contributed by atoms with E-state index in [1.165, 1.54) is 5.39 Å². The van der Waals surface area contributed by atoms with Crippen molar-refractivity contribution in [1.29, 1.82) is 5.26 Å². The Morgan fingerprint density at radius 2 is 1.74 bits per heavy atom. The van der Waals surface area contributed by atoms with Crippen LogP contribution < -0.4 is 0 Å². The van der Waals surface area contributed by atoms with E-state index in [1.54, 1.807) is 0 Å². The molecule has 0 atom stereocenters. The second-order valence-corrected chi connectivity index (χ2v) is 4.86. The molecule has 19 heavy (non-hydrogen) atoms. The van der Waals surface area contributed by atoms with Crippen LogP contribution in [0.25, 0.3) is 21.9 Å². The molecule has 90 valence electrons. The van der Waals surface area contributed by atoms with E-state index >= 15 is 0 Å².